The second-order valence-corrected chi connectivity index (χ2v) is 6.01. The Morgan fingerprint density at radius 1 is 1.12 bits per heavy atom. The van der Waals surface area contributed by atoms with E-state index < -0.39 is 0 Å². The van der Waals surface area contributed by atoms with Gasteiger partial charge < -0.3 is 10.1 Å². The lowest BCUT2D eigenvalue weighted by Crippen LogP contribution is -2.14. The molecule has 126 valence electrons. The number of benzene rings is 1. The summed E-state index contributed by atoms with van der Waals surface area (Å²) in [4.78, 5) is 32.1. The van der Waals surface area contributed by atoms with Crippen molar-refractivity contribution in [3.05, 3.63) is 47.3 Å². The van der Waals surface area contributed by atoms with E-state index in [1.165, 1.54) is 11.8 Å². The molecule has 0 fully saturated rings. The van der Waals surface area contributed by atoms with Crippen LogP contribution in [0.25, 0.3) is 0 Å². The Labute approximate surface area is 145 Å². The first-order chi connectivity index (χ1) is 11.5. The second-order valence-electron chi connectivity index (χ2n) is 5.07. The maximum Gasteiger partial charge on any atom is 0.338 e. The van der Waals surface area contributed by atoms with E-state index in [0.29, 0.717) is 23.0 Å². The average Bonchev–Trinajstić information content (AvgIpc) is 2.53. The van der Waals surface area contributed by atoms with Crippen molar-refractivity contribution >= 4 is 29.3 Å². The fraction of sp³-hybridized carbons (Fsp3) is 0.294. The van der Waals surface area contributed by atoms with Gasteiger partial charge in [0.2, 0.25) is 5.91 Å². The van der Waals surface area contributed by atoms with Crippen LogP contribution in [0.4, 0.5) is 5.69 Å². The Morgan fingerprint density at radius 3 is 2.33 bits per heavy atom. The number of hydrogen-bond acceptors (Lipinski definition) is 6. The molecule has 1 amide bonds. The summed E-state index contributed by atoms with van der Waals surface area (Å²) in [5.74, 6) is -0.327. The van der Waals surface area contributed by atoms with E-state index in [9.17, 15) is 9.59 Å². The lowest BCUT2D eigenvalue weighted by Gasteiger charge is -2.07. The summed E-state index contributed by atoms with van der Waals surface area (Å²) < 4.78 is 4.91. The molecule has 0 aliphatic heterocycles. The molecule has 2 rings (SSSR count). The summed E-state index contributed by atoms with van der Waals surface area (Å²) in [6, 6.07) is 8.46. The smallest absolute Gasteiger partial charge is 0.338 e. The molecule has 7 heteroatoms. The molecule has 0 saturated carbocycles. The molecule has 6 nitrogen and oxygen atoms in total. The van der Waals surface area contributed by atoms with Gasteiger partial charge >= 0.3 is 5.97 Å². The van der Waals surface area contributed by atoms with Crippen LogP contribution < -0.4 is 5.32 Å². The Bertz CT molecular complexity index is 712. The highest BCUT2D eigenvalue weighted by Crippen LogP contribution is 2.15. The lowest BCUT2D eigenvalue weighted by atomic mass is 10.2. The molecule has 1 heterocycles. The topological polar surface area (TPSA) is 81.2 Å². The number of aromatic nitrogens is 2. The molecule has 0 aliphatic rings. The van der Waals surface area contributed by atoms with Gasteiger partial charge in [0, 0.05) is 17.1 Å². The van der Waals surface area contributed by atoms with Gasteiger partial charge in [-0.15, -0.1) is 0 Å². The summed E-state index contributed by atoms with van der Waals surface area (Å²) in [6.45, 7) is 5.87. The van der Waals surface area contributed by atoms with Gasteiger partial charge in [-0.05, 0) is 51.1 Å². The van der Waals surface area contributed by atoms with E-state index in [2.05, 4.69) is 15.3 Å². The Kier molecular flexibility index (Phi) is 6.31. The number of hydrogen-bond donors (Lipinski definition) is 1. The zero-order valence-corrected chi connectivity index (χ0v) is 14.6. The third kappa shape index (κ3) is 5.34. The molecular weight excluding hydrogens is 326 g/mol. The third-order valence-electron chi connectivity index (χ3n) is 2.97. The zero-order valence-electron chi connectivity index (χ0n) is 13.8. The first kappa shape index (κ1) is 17.9. The molecule has 0 spiro atoms. The van der Waals surface area contributed by atoms with Crippen molar-refractivity contribution in [2.45, 2.75) is 25.9 Å². The Balaban J connectivity index is 1.89. The van der Waals surface area contributed by atoms with E-state index >= 15 is 0 Å². The van der Waals surface area contributed by atoms with Gasteiger partial charge in [0.1, 0.15) is 0 Å². The minimum Gasteiger partial charge on any atom is -0.462 e. The molecule has 24 heavy (non-hydrogen) atoms. The molecule has 2 aromatic rings. The summed E-state index contributed by atoms with van der Waals surface area (Å²) in [7, 11) is 0. The predicted molar refractivity (Wildman–Crippen MR) is 93.3 cm³/mol. The van der Waals surface area contributed by atoms with Gasteiger partial charge in [0.15, 0.2) is 5.16 Å². The molecule has 1 aromatic heterocycles. The fourth-order valence-electron chi connectivity index (χ4n) is 1.99. The van der Waals surface area contributed by atoms with Crippen LogP contribution in [0, 0.1) is 13.8 Å². The number of esters is 1. The van der Waals surface area contributed by atoms with Gasteiger partial charge in [-0.2, -0.15) is 0 Å². The van der Waals surface area contributed by atoms with Crippen molar-refractivity contribution in [1.29, 1.82) is 0 Å². The van der Waals surface area contributed by atoms with Crippen LogP contribution in [0.1, 0.15) is 28.7 Å². The molecule has 0 bridgehead atoms. The van der Waals surface area contributed by atoms with Gasteiger partial charge in [-0.3, -0.25) is 4.79 Å². The van der Waals surface area contributed by atoms with Gasteiger partial charge in [0.05, 0.1) is 17.9 Å². The monoisotopic (exact) mass is 345 g/mol. The number of rotatable bonds is 6. The summed E-state index contributed by atoms with van der Waals surface area (Å²) >= 11 is 1.28. The van der Waals surface area contributed by atoms with Gasteiger partial charge in [0.25, 0.3) is 0 Å². The van der Waals surface area contributed by atoms with Crippen molar-refractivity contribution in [3.8, 4) is 0 Å². The SMILES string of the molecule is CCOC(=O)c1ccc(NC(=O)CSc2nc(C)cc(C)n2)cc1. The van der Waals surface area contributed by atoms with Crippen LogP contribution in [0.2, 0.25) is 0 Å². The molecule has 0 radical (unpaired) electrons. The van der Waals surface area contributed by atoms with Crippen molar-refractivity contribution in [1.82, 2.24) is 9.97 Å². The second kappa shape index (κ2) is 8.44. The minimum atomic E-state index is -0.377. The number of nitrogens with zero attached hydrogens (tertiary/aromatic N) is 2. The molecule has 1 N–H and O–H groups in total. The maximum atomic E-state index is 12.0. The number of ether oxygens (including phenoxy) is 1. The van der Waals surface area contributed by atoms with Crippen molar-refractivity contribution in [3.63, 3.8) is 0 Å². The molecule has 1 aromatic carbocycles. The highest BCUT2D eigenvalue weighted by molar-refractivity contribution is 7.99. The number of aryl methyl sites for hydroxylation is 2. The number of carbonyl (C=O) groups is 2. The molecule has 0 atom stereocenters. The van der Waals surface area contributed by atoms with Gasteiger partial charge in [-0.1, -0.05) is 11.8 Å². The van der Waals surface area contributed by atoms with E-state index in [-0.39, 0.29) is 17.6 Å². The maximum absolute atomic E-state index is 12.0. The van der Waals surface area contributed by atoms with Crippen molar-refractivity contribution < 1.29 is 14.3 Å². The largest absolute Gasteiger partial charge is 0.462 e. The summed E-state index contributed by atoms with van der Waals surface area (Å²) in [5, 5.41) is 3.36. The zero-order chi connectivity index (χ0) is 17.5. The number of thioether (sulfide) groups is 1. The van der Waals surface area contributed by atoms with E-state index in [4.69, 9.17) is 4.74 Å². The average molecular weight is 345 g/mol. The third-order valence-corrected chi connectivity index (χ3v) is 3.82. The van der Waals surface area contributed by atoms with Crippen molar-refractivity contribution in [2.24, 2.45) is 0 Å². The van der Waals surface area contributed by atoms with E-state index in [0.717, 1.165) is 11.4 Å². The van der Waals surface area contributed by atoms with Crippen LogP contribution >= 0.6 is 11.8 Å². The number of amides is 1. The molecule has 0 saturated heterocycles. The highest BCUT2D eigenvalue weighted by Gasteiger charge is 2.09. The first-order valence-corrected chi connectivity index (χ1v) is 8.48. The fourth-order valence-corrected chi connectivity index (χ4v) is 2.74. The normalized spacial score (nSPS) is 10.3. The van der Waals surface area contributed by atoms with E-state index in [1.807, 2.05) is 19.9 Å². The summed E-state index contributed by atoms with van der Waals surface area (Å²) in [6.07, 6.45) is 0. The van der Waals surface area contributed by atoms with Crippen LogP contribution in [0.3, 0.4) is 0 Å². The number of nitrogens with one attached hydrogen (secondary N) is 1. The van der Waals surface area contributed by atoms with Crippen LogP contribution in [-0.2, 0) is 9.53 Å². The molecular formula is C17H19N3O3S. The standard InChI is InChI=1S/C17H19N3O3S/c1-4-23-16(22)13-5-7-14(8-6-13)20-15(21)10-24-17-18-11(2)9-12(3)19-17/h5-9H,4,10H2,1-3H3,(H,20,21). The van der Waals surface area contributed by atoms with Gasteiger partial charge in [-0.25, -0.2) is 14.8 Å². The number of anilines is 1. The van der Waals surface area contributed by atoms with Crippen LogP contribution in [0.5, 0.6) is 0 Å². The Hall–Kier alpha value is -2.41. The highest BCUT2D eigenvalue weighted by atomic mass is 32.2. The summed E-state index contributed by atoms with van der Waals surface area (Å²) in [5.41, 5.74) is 2.82. The van der Waals surface area contributed by atoms with E-state index in [1.54, 1.807) is 31.2 Å². The van der Waals surface area contributed by atoms with Crippen LogP contribution in [0.15, 0.2) is 35.5 Å². The molecule has 0 aliphatic carbocycles. The number of carbonyl (C=O) groups excluding carboxylic acids is 2. The first-order valence-electron chi connectivity index (χ1n) is 7.50. The predicted octanol–water partition coefficient (Wildman–Crippen LogP) is 3.00. The quantitative estimate of drug-likeness (QED) is 0.492. The van der Waals surface area contributed by atoms with Crippen molar-refractivity contribution in [2.75, 3.05) is 17.7 Å². The Morgan fingerprint density at radius 2 is 1.75 bits per heavy atom. The minimum absolute atomic E-state index is 0.161. The lowest BCUT2D eigenvalue weighted by molar-refractivity contribution is -0.113. The molecule has 0 unspecified atom stereocenters. The van der Waals surface area contributed by atoms with Crippen LogP contribution in [-0.4, -0.2) is 34.2 Å².